The van der Waals surface area contributed by atoms with Gasteiger partial charge in [-0.1, -0.05) is 6.42 Å². The number of hydrogen-bond acceptors (Lipinski definition) is 3. The predicted octanol–water partition coefficient (Wildman–Crippen LogP) is 1.16. The van der Waals surface area contributed by atoms with Crippen molar-refractivity contribution >= 4 is 5.96 Å². The van der Waals surface area contributed by atoms with Crippen LogP contribution in [-0.4, -0.2) is 30.6 Å². The summed E-state index contributed by atoms with van der Waals surface area (Å²) in [5.74, 6) is 2.03. The molecule has 0 saturated heterocycles. The Balaban J connectivity index is 1.57. The summed E-state index contributed by atoms with van der Waals surface area (Å²) in [6.45, 7) is 2.04. The van der Waals surface area contributed by atoms with Crippen LogP contribution in [-0.2, 0) is 0 Å². The Labute approximate surface area is 107 Å². The molecule has 1 aromatic rings. The van der Waals surface area contributed by atoms with E-state index in [1.54, 1.807) is 12.4 Å². The Kier molecular flexibility index (Phi) is 4.81. The highest BCUT2D eigenvalue weighted by Crippen LogP contribution is 2.26. The van der Waals surface area contributed by atoms with E-state index >= 15 is 0 Å². The van der Waals surface area contributed by atoms with E-state index in [4.69, 9.17) is 10.5 Å². The summed E-state index contributed by atoms with van der Waals surface area (Å²) in [5.41, 5.74) is 5.75. The second-order valence-corrected chi connectivity index (χ2v) is 4.49. The highest BCUT2D eigenvalue weighted by Gasteiger charge is 2.16. The fourth-order valence-electron chi connectivity index (χ4n) is 1.74. The molecule has 98 valence electrons. The molecule has 5 heteroatoms. The van der Waals surface area contributed by atoms with Crippen LogP contribution in [0.25, 0.3) is 0 Å². The number of aliphatic imine (C=N–C) groups is 1. The molecule has 0 atom stereocenters. The molecule has 1 aliphatic rings. The maximum absolute atomic E-state index is 5.75. The van der Waals surface area contributed by atoms with Crippen LogP contribution in [0.15, 0.2) is 29.5 Å². The maximum atomic E-state index is 5.75. The highest BCUT2D eigenvalue weighted by atomic mass is 16.5. The van der Waals surface area contributed by atoms with Crippen molar-refractivity contribution in [3.63, 3.8) is 0 Å². The third kappa shape index (κ3) is 4.24. The molecule has 1 aliphatic carbocycles. The average Bonchev–Trinajstić information content (AvgIpc) is 2.34. The summed E-state index contributed by atoms with van der Waals surface area (Å²) in [4.78, 5) is 8.28. The van der Waals surface area contributed by atoms with Gasteiger partial charge in [0.05, 0.1) is 12.7 Å². The summed E-state index contributed by atoms with van der Waals surface area (Å²) in [7, 11) is 0. The first kappa shape index (κ1) is 12.7. The minimum Gasteiger partial charge on any atom is -0.490 e. The molecule has 1 saturated carbocycles. The minimum absolute atomic E-state index is 0.511. The van der Waals surface area contributed by atoms with Gasteiger partial charge in [-0.05, 0) is 30.9 Å². The van der Waals surface area contributed by atoms with Gasteiger partial charge in [-0.25, -0.2) is 0 Å². The molecular weight excluding hydrogens is 228 g/mol. The van der Waals surface area contributed by atoms with Gasteiger partial charge in [0.25, 0.3) is 0 Å². The number of pyridine rings is 1. The Morgan fingerprint density at radius 2 is 2.44 bits per heavy atom. The van der Waals surface area contributed by atoms with Crippen LogP contribution in [0, 0.1) is 5.92 Å². The SMILES string of the molecule is NC(=NCC1CCC1)NCCOc1cccnc1. The molecule has 0 aromatic carbocycles. The van der Waals surface area contributed by atoms with Crippen molar-refractivity contribution in [3.05, 3.63) is 24.5 Å². The molecule has 0 unspecified atom stereocenters. The largest absolute Gasteiger partial charge is 0.490 e. The fourth-order valence-corrected chi connectivity index (χ4v) is 1.74. The number of nitrogens with one attached hydrogen (secondary N) is 1. The predicted molar refractivity (Wildman–Crippen MR) is 71.6 cm³/mol. The van der Waals surface area contributed by atoms with Gasteiger partial charge in [0.2, 0.25) is 0 Å². The third-order valence-electron chi connectivity index (χ3n) is 3.06. The molecule has 18 heavy (non-hydrogen) atoms. The molecule has 0 bridgehead atoms. The van der Waals surface area contributed by atoms with Crippen molar-refractivity contribution in [2.24, 2.45) is 16.6 Å². The van der Waals surface area contributed by atoms with Crippen molar-refractivity contribution in [1.29, 1.82) is 0 Å². The minimum atomic E-state index is 0.511. The number of aromatic nitrogens is 1. The normalized spacial score (nSPS) is 16.1. The van der Waals surface area contributed by atoms with Crippen LogP contribution >= 0.6 is 0 Å². The van der Waals surface area contributed by atoms with Gasteiger partial charge < -0.3 is 15.8 Å². The summed E-state index contributed by atoms with van der Waals surface area (Å²) in [6.07, 6.45) is 7.33. The van der Waals surface area contributed by atoms with E-state index < -0.39 is 0 Å². The van der Waals surface area contributed by atoms with Crippen molar-refractivity contribution in [3.8, 4) is 5.75 Å². The number of guanidine groups is 1. The molecule has 1 aromatic heterocycles. The average molecular weight is 248 g/mol. The van der Waals surface area contributed by atoms with Crippen LogP contribution in [0.3, 0.4) is 0 Å². The molecule has 1 heterocycles. The standard InChI is InChI=1S/C13H20N4O/c14-13(17-9-11-3-1-4-11)16-7-8-18-12-5-2-6-15-10-12/h2,5-6,10-11H,1,3-4,7-9H2,(H3,14,16,17). The Morgan fingerprint density at radius 1 is 1.56 bits per heavy atom. The Hall–Kier alpha value is -1.78. The van der Waals surface area contributed by atoms with Crippen LogP contribution < -0.4 is 15.8 Å². The van der Waals surface area contributed by atoms with Crippen LogP contribution in [0.5, 0.6) is 5.75 Å². The van der Waals surface area contributed by atoms with Crippen molar-refractivity contribution < 1.29 is 4.74 Å². The van der Waals surface area contributed by atoms with E-state index in [1.165, 1.54) is 19.3 Å². The van der Waals surface area contributed by atoms with E-state index in [9.17, 15) is 0 Å². The summed E-state index contributed by atoms with van der Waals surface area (Å²) < 4.78 is 5.48. The van der Waals surface area contributed by atoms with E-state index in [1.807, 2.05) is 12.1 Å². The number of ether oxygens (including phenoxy) is 1. The number of rotatable bonds is 6. The van der Waals surface area contributed by atoms with Crippen molar-refractivity contribution in [2.75, 3.05) is 19.7 Å². The van der Waals surface area contributed by atoms with Crippen LogP contribution in [0.4, 0.5) is 0 Å². The zero-order valence-corrected chi connectivity index (χ0v) is 10.5. The van der Waals surface area contributed by atoms with Crippen LogP contribution in [0.1, 0.15) is 19.3 Å². The number of nitrogens with zero attached hydrogens (tertiary/aromatic N) is 2. The molecule has 2 rings (SSSR count). The Bertz CT molecular complexity index is 376. The van der Waals surface area contributed by atoms with Gasteiger partial charge in [0.1, 0.15) is 12.4 Å². The molecule has 0 spiro atoms. The molecule has 0 aliphatic heterocycles. The van der Waals surface area contributed by atoms with Crippen molar-refractivity contribution in [2.45, 2.75) is 19.3 Å². The number of nitrogens with two attached hydrogens (primary N) is 1. The maximum Gasteiger partial charge on any atom is 0.188 e. The monoisotopic (exact) mass is 248 g/mol. The van der Waals surface area contributed by atoms with E-state index in [2.05, 4.69) is 15.3 Å². The second kappa shape index (κ2) is 6.83. The molecule has 5 nitrogen and oxygen atoms in total. The van der Waals surface area contributed by atoms with Gasteiger partial charge in [0, 0.05) is 12.7 Å². The first-order chi connectivity index (χ1) is 8.84. The second-order valence-electron chi connectivity index (χ2n) is 4.49. The Morgan fingerprint density at radius 3 is 3.11 bits per heavy atom. The molecule has 1 fully saturated rings. The lowest BCUT2D eigenvalue weighted by atomic mass is 9.86. The topological polar surface area (TPSA) is 72.5 Å². The quantitative estimate of drug-likeness (QED) is 0.450. The fraction of sp³-hybridized carbons (Fsp3) is 0.538. The summed E-state index contributed by atoms with van der Waals surface area (Å²) in [6, 6.07) is 3.72. The lowest BCUT2D eigenvalue weighted by Gasteiger charge is -2.23. The number of hydrogen-bond donors (Lipinski definition) is 2. The molecular formula is C13H20N4O. The molecule has 3 N–H and O–H groups in total. The zero-order valence-electron chi connectivity index (χ0n) is 10.5. The van der Waals surface area contributed by atoms with Gasteiger partial charge in [0.15, 0.2) is 5.96 Å². The van der Waals surface area contributed by atoms with Crippen molar-refractivity contribution in [1.82, 2.24) is 10.3 Å². The third-order valence-corrected chi connectivity index (χ3v) is 3.06. The van der Waals surface area contributed by atoms with Gasteiger partial charge >= 0.3 is 0 Å². The van der Waals surface area contributed by atoms with E-state index in [-0.39, 0.29) is 0 Å². The molecule has 0 radical (unpaired) electrons. The van der Waals surface area contributed by atoms with E-state index in [0.29, 0.717) is 19.1 Å². The lowest BCUT2D eigenvalue weighted by Crippen LogP contribution is -2.35. The lowest BCUT2D eigenvalue weighted by molar-refractivity contribution is 0.319. The smallest absolute Gasteiger partial charge is 0.188 e. The van der Waals surface area contributed by atoms with Crippen LogP contribution in [0.2, 0.25) is 0 Å². The summed E-state index contributed by atoms with van der Waals surface area (Å²) >= 11 is 0. The van der Waals surface area contributed by atoms with Gasteiger partial charge in [-0.15, -0.1) is 0 Å². The van der Waals surface area contributed by atoms with E-state index in [0.717, 1.165) is 18.2 Å². The highest BCUT2D eigenvalue weighted by molar-refractivity contribution is 5.77. The van der Waals surface area contributed by atoms with Gasteiger partial charge in [-0.2, -0.15) is 0 Å². The first-order valence-electron chi connectivity index (χ1n) is 6.41. The van der Waals surface area contributed by atoms with Gasteiger partial charge in [-0.3, -0.25) is 9.98 Å². The molecule has 0 amide bonds. The summed E-state index contributed by atoms with van der Waals surface area (Å²) in [5, 5.41) is 3.04. The first-order valence-corrected chi connectivity index (χ1v) is 6.41. The zero-order chi connectivity index (χ0) is 12.6.